The van der Waals surface area contributed by atoms with E-state index in [2.05, 4.69) is 15.7 Å². The number of rotatable bonds is 6. The van der Waals surface area contributed by atoms with Crippen LogP contribution in [-0.4, -0.2) is 21.6 Å². The summed E-state index contributed by atoms with van der Waals surface area (Å²) in [7, 11) is 0. The first-order valence-corrected chi connectivity index (χ1v) is 8.48. The Labute approximate surface area is 160 Å². The fourth-order valence-electron chi connectivity index (χ4n) is 2.33. The van der Waals surface area contributed by atoms with Gasteiger partial charge in [-0.3, -0.25) is 9.59 Å². The van der Waals surface area contributed by atoms with Crippen molar-refractivity contribution in [1.82, 2.24) is 9.78 Å². The number of carbonyl (C=O) groups is 2. The van der Waals surface area contributed by atoms with Crippen LogP contribution in [0.15, 0.2) is 60.8 Å². The van der Waals surface area contributed by atoms with Gasteiger partial charge in [-0.25, -0.2) is 4.68 Å². The Morgan fingerprint density at radius 1 is 1.00 bits per heavy atom. The Morgan fingerprint density at radius 2 is 1.63 bits per heavy atom. The molecule has 2 N–H and O–H groups in total. The number of amides is 2. The number of nitrogens with one attached hydrogen (secondary N) is 2. The summed E-state index contributed by atoms with van der Waals surface area (Å²) in [5.74, 6) is 0.144. The maximum atomic E-state index is 12.5. The predicted molar refractivity (Wildman–Crippen MR) is 103 cm³/mol. The molecule has 27 heavy (non-hydrogen) atoms. The molecule has 2 amide bonds. The lowest BCUT2D eigenvalue weighted by atomic mass is 10.2. The Bertz CT molecular complexity index is 936. The second kappa shape index (κ2) is 8.37. The van der Waals surface area contributed by atoms with Crippen molar-refractivity contribution in [2.24, 2.45) is 0 Å². The van der Waals surface area contributed by atoms with Gasteiger partial charge in [0.2, 0.25) is 5.91 Å². The predicted octanol–water partition coefficient (Wildman–Crippen LogP) is 3.78. The van der Waals surface area contributed by atoms with Crippen LogP contribution in [0.25, 0.3) is 0 Å². The van der Waals surface area contributed by atoms with Gasteiger partial charge in [0.1, 0.15) is 11.4 Å². The molecule has 0 fully saturated rings. The monoisotopic (exact) mass is 384 g/mol. The molecule has 0 bridgehead atoms. The van der Waals surface area contributed by atoms with Crippen molar-refractivity contribution in [3.8, 4) is 5.75 Å². The van der Waals surface area contributed by atoms with Crippen LogP contribution in [0.3, 0.4) is 0 Å². The molecular formula is C19H17ClN4O3. The van der Waals surface area contributed by atoms with E-state index in [9.17, 15) is 9.59 Å². The quantitative estimate of drug-likeness (QED) is 0.677. The van der Waals surface area contributed by atoms with Crippen molar-refractivity contribution in [3.05, 3.63) is 71.5 Å². The minimum absolute atomic E-state index is 0.0822. The van der Waals surface area contributed by atoms with Crippen LogP contribution in [0.4, 0.5) is 11.4 Å². The summed E-state index contributed by atoms with van der Waals surface area (Å²) < 4.78 is 7.07. The highest BCUT2D eigenvalue weighted by Crippen LogP contribution is 2.17. The number of benzene rings is 2. The average molecular weight is 385 g/mol. The fraction of sp³-hybridized carbons (Fsp3) is 0.105. The van der Waals surface area contributed by atoms with Crippen LogP contribution >= 0.6 is 11.6 Å². The summed E-state index contributed by atoms with van der Waals surface area (Å²) in [6.07, 6.45) is 1.53. The molecule has 0 aliphatic carbocycles. The molecule has 8 heteroatoms. The molecule has 3 rings (SSSR count). The molecule has 0 spiro atoms. The van der Waals surface area contributed by atoms with Crippen LogP contribution in [0.1, 0.15) is 17.4 Å². The number of carbonyl (C=O) groups excluding carboxylic acids is 2. The third-order valence-electron chi connectivity index (χ3n) is 3.58. The highest BCUT2D eigenvalue weighted by atomic mass is 35.5. The van der Waals surface area contributed by atoms with Crippen LogP contribution < -0.4 is 15.4 Å². The maximum Gasteiger partial charge on any atom is 0.274 e. The number of hydrogen-bond donors (Lipinski definition) is 2. The molecule has 3 aromatic rings. The molecule has 0 atom stereocenters. The average Bonchev–Trinajstić information content (AvgIpc) is 3.11. The second-order valence-corrected chi connectivity index (χ2v) is 6.09. The number of halogens is 1. The topological polar surface area (TPSA) is 85.3 Å². The zero-order valence-electron chi connectivity index (χ0n) is 14.5. The van der Waals surface area contributed by atoms with E-state index in [0.29, 0.717) is 27.8 Å². The number of anilines is 2. The Hall–Kier alpha value is -3.32. The lowest BCUT2D eigenvalue weighted by Crippen LogP contribution is -2.19. The number of ether oxygens (including phenoxy) is 1. The van der Waals surface area contributed by atoms with Crippen molar-refractivity contribution in [2.45, 2.75) is 13.7 Å². The highest BCUT2D eigenvalue weighted by Gasteiger charge is 2.13. The van der Waals surface area contributed by atoms with Crippen LogP contribution in [0.2, 0.25) is 5.02 Å². The summed E-state index contributed by atoms with van der Waals surface area (Å²) in [6.45, 7) is 1.52. The SMILES string of the molecule is CC(=O)Nc1ccc(NC(=O)c2ccnn2COc2ccc(Cl)cc2)cc1. The van der Waals surface area contributed by atoms with E-state index in [1.165, 1.54) is 17.8 Å². The van der Waals surface area contributed by atoms with Gasteiger partial charge in [0.25, 0.3) is 5.91 Å². The molecule has 0 radical (unpaired) electrons. The van der Waals surface area contributed by atoms with Gasteiger partial charge < -0.3 is 15.4 Å². The van der Waals surface area contributed by atoms with E-state index in [1.54, 1.807) is 54.6 Å². The van der Waals surface area contributed by atoms with E-state index >= 15 is 0 Å². The third-order valence-corrected chi connectivity index (χ3v) is 3.83. The van der Waals surface area contributed by atoms with E-state index < -0.39 is 0 Å². The van der Waals surface area contributed by atoms with E-state index in [0.717, 1.165) is 0 Å². The summed E-state index contributed by atoms with van der Waals surface area (Å²) in [4.78, 5) is 23.5. The Morgan fingerprint density at radius 3 is 2.26 bits per heavy atom. The van der Waals surface area contributed by atoms with Gasteiger partial charge in [-0.15, -0.1) is 0 Å². The highest BCUT2D eigenvalue weighted by molar-refractivity contribution is 6.30. The first-order chi connectivity index (χ1) is 13.0. The molecule has 1 heterocycles. The number of nitrogens with zero attached hydrogens (tertiary/aromatic N) is 2. The van der Waals surface area contributed by atoms with E-state index in [1.807, 2.05) is 0 Å². The smallest absolute Gasteiger partial charge is 0.274 e. The molecule has 2 aromatic carbocycles. The van der Waals surface area contributed by atoms with Crippen LogP contribution in [-0.2, 0) is 11.5 Å². The van der Waals surface area contributed by atoms with Gasteiger partial charge in [-0.05, 0) is 54.6 Å². The fourth-order valence-corrected chi connectivity index (χ4v) is 2.46. The van der Waals surface area contributed by atoms with Crippen molar-refractivity contribution >= 4 is 34.8 Å². The van der Waals surface area contributed by atoms with Crippen molar-refractivity contribution < 1.29 is 14.3 Å². The van der Waals surface area contributed by atoms with Crippen molar-refractivity contribution in [1.29, 1.82) is 0 Å². The Balaban J connectivity index is 1.63. The first kappa shape index (κ1) is 18.5. The molecular weight excluding hydrogens is 368 g/mol. The lowest BCUT2D eigenvalue weighted by molar-refractivity contribution is -0.114. The molecule has 138 valence electrons. The summed E-state index contributed by atoms with van der Waals surface area (Å²) in [5.41, 5.74) is 1.61. The van der Waals surface area contributed by atoms with Crippen molar-refractivity contribution in [3.63, 3.8) is 0 Å². The molecule has 0 unspecified atom stereocenters. The van der Waals surface area contributed by atoms with Gasteiger partial charge in [0.05, 0.1) is 0 Å². The molecule has 0 saturated heterocycles. The largest absolute Gasteiger partial charge is 0.471 e. The van der Waals surface area contributed by atoms with E-state index in [4.69, 9.17) is 16.3 Å². The summed E-state index contributed by atoms with van der Waals surface area (Å²) in [6, 6.07) is 15.3. The first-order valence-electron chi connectivity index (χ1n) is 8.10. The van der Waals surface area contributed by atoms with Gasteiger partial charge in [-0.1, -0.05) is 11.6 Å². The standard InChI is InChI=1S/C19H17ClN4O3/c1-13(25)22-15-4-6-16(7-5-15)23-19(26)18-10-11-21-24(18)12-27-17-8-2-14(20)3-9-17/h2-11H,12H2,1H3,(H,22,25)(H,23,26). The normalized spacial score (nSPS) is 10.3. The maximum absolute atomic E-state index is 12.5. The molecule has 0 saturated carbocycles. The van der Waals surface area contributed by atoms with Crippen LogP contribution in [0.5, 0.6) is 5.75 Å². The molecule has 1 aromatic heterocycles. The minimum Gasteiger partial charge on any atom is -0.471 e. The van der Waals surface area contributed by atoms with Crippen LogP contribution in [0, 0.1) is 0 Å². The summed E-state index contributed by atoms with van der Waals surface area (Å²) in [5, 5.41) is 10.2. The molecule has 7 nitrogen and oxygen atoms in total. The van der Waals surface area contributed by atoms with E-state index in [-0.39, 0.29) is 18.5 Å². The number of aromatic nitrogens is 2. The van der Waals surface area contributed by atoms with Gasteiger partial charge in [-0.2, -0.15) is 5.10 Å². The van der Waals surface area contributed by atoms with Gasteiger partial charge in [0.15, 0.2) is 6.73 Å². The Kier molecular flexibility index (Phi) is 5.73. The summed E-state index contributed by atoms with van der Waals surface area (Å²) >= 11 is 5.84. The molecule has 0 aliphatic rings. The zero-order valence-corrected chi connectivity index (χ0v) is 15.2. The zero-order chi connectivity index (χ0) is 19.2. The molecule has 0 aliphatic heterocycles. The lowest BCUT2D eigenvalue weighted by Gasteiger charge is -2.10. The third kappa shape index (κ3) is 5.08. The van der Waals surface area contributed by atoms with Crippen molar-refractivity contribution in [2.75, 3.05) is 10.6 Å². The van der Waals surface area contributed by atoms with Gasteiger partial charge in [0, 0.05) is 29.5 Å². The number of hydrogen-bond acceptors (Lipinski definition) is 4. The minimum atomic E-state index is -0.320. The van der Waals surface area contributed by atoms with Gasteiger partial charge >= 0.3 is 0 Å². The second-order valence-electron chi connectivity index (χ2n) is 5.66.